The molecule has 0 saturated heterocycles. The molecule has 5 rings (SSSR count). The molecule has 0 unspecified atom stereocenters. The molecule has 1 N–H and O–H groups in total. The first-order chi connectivity index (χ1) is 16.5. The number of halogens is 2. The van der Waals surface area contributed by atoms with Gasteiger partial charge in [-0.25, -0.2) is 0 Å². The van der Waals surface area contributed by atoms with Crippen molar-refractivity contribution in [3.63, 3.8) is 0 Å². The number of hydrazone groups is 1. The number of rotatable bonds is 5. The molecule has 0 atom stereocenters. The van der Waals surface area contributed by atoms with Crippen LogP contribution in [0.1, 0.15) is 16.7 Å². The number of carbonyl (C=O) groups is 1. The van der Waals surface area contributed by atoms with E-state index in [1.54, 1.807) is 54.9 Å². The molecule has 168 valence electrons. The van der Waals surface area contributed by atoms with Gasteiger partial charge in [-0.05, 0) is 65.4 Å². The minimum absolute atomic E-state index is 0.0550. The van der Waals surface area contributed by atoms with Gasteiger partial charge in [-0.2, -0.15) is 15.1 Å². The minimum Gasteiger partial charge on any atom is -0.487 e. The number of nitrogens with one attached hydrogen (secondary N) is 1. The van der Waals surface area contributed by atoms with Crippen molar-refractivity contribution in [2.75, 3.05) is 0 Å². The number of aliphatic imine (C=N–C) groups is 1. The molecule has 0 spiro atoms. The molecule has 10 heteroatoms. The molecule has 1 aromatic heterocycles. The van der Waals surface area contributed by atoms with E-state index < -0.39 is 5.91 Å². The number of fused-ring (bicyclic) bond motifs is 1. The maximum absolute atomic E-state index is 12.7. The number of benzene rings is 2. The van der Waals surface area contributed by atoms with Gasteiger partial charge in [-0.1, -0.05) is 41.4 Å². The Balaban J connectivity index is 1.35. The van der Waals surface area contributed by atoms with Gasteiger partial charge in [0.05, 0.1) is 10.6 Å². The molecule has 2 aromatic carbocycles. The van der Waals surface area contributed by atoms with E-state index in [1.807, 2.05) is 18.2 Å². The Morgan fingerprint density at radius 3 is 2.68 bits per heavy atom. The van der Waals surface area contributed by atoms with Crippen molar-refractivity contribution in [2.24, 2.45) is 10.1 Å². The van der Waals surface area contributed by atoms with Gasteiger partial charge in [-0.3, -0.25) is 15.2 Å². The Morgan fingerprint density at radius 1 is 1.12 bits per heavy atom. The van der Waals surface area contributed by atoms with Crippen LogP contribution < -0.4 is 4.74 Å². The Labute approximate surface area is 209 Å². The zero-order valence-corrected chi connectivity index (χ0v) is 19.7. The van der Waals surface area contributed by atoms with Crippen molar-refractivity contribution in [2.45, 2.75) is 6.61 Å². The lowest BCUT2D eigenvalue weighted by molar-refractivity contribution is -0.114. The number of aromatic nitrogens is 1. The van der Waals surface area contributed by atoms with Crippen molar-refractivity contribution in [3.05, 3.63) is 99.3 Å². The largest absolute Gasteiger partial charge is 0.487 e. The maximum Gasteiger partial charge on any atom is 0.283 e. The number of carbonyl (C=O) groups excluding carboxylic acids is 1. The molecule has 0 radical (unpaired) electrons. The zero-order valence-electron chi connectivity index (χ0n) is 17.4. The number of pyridine rings is 1. The average molecular weight is 508 g/mol. The number of ether oxygens (including phenoxy) is 1. The second kappa shape index (κ2) is 9.42. The number of amidine groups is 2. The molecule has 34 heavy (non-hydrogen) atoms. The first kappa shape index (κ1) is 22.3. The fraction of sp³-hybridized carbons (Fsp3) is 0.0417. The third-order valence-electron chi connectivity index (χ3n) is 4.94. The molecule has 2 aliphatic heterocycles. The van der Waals surface area contributed by atoms with Crippen LogP contribution in [-0.4, -0.2) is 31.9 Å². The molecular weight excluding hydrogens is 493 g/mol. The van der Waals surface area contributed by atoms with Crippen LogP contribution in [0.25, 0.3) is 6.08 Å². The highest BCUT2D eigenvalue weighted by Crippen LogP contribution is 2.32. The summed E-state index contributed by atoms with van der Waals surface area (Å²) in [5.41, 5.74) is 2.50. The second-order valence-electron chi connectivity index (χ2n) is 7.27. The number of hydrogen-bond donors (Lipinski definition) is 1. The number of thioether (sulfide) groups is 1. The predicted octanol–water partition coefficient (Wildman–Crippen LogP) is 5.63. The summed E-state index contributed by atoms with van der Waals surface area (Å²) in [5, 5.41) is 16.3. The minimum atomic E-state index is -0.509. The van der Waals surface area contributed by atoms with Crippen molar-refractivity contribution in [1.29, 1.82) is 5.41 Å². The standard InChI is InChI=1S/C24H15Cl2N5O2S/c25-17-6-3-14(4-7-17)13-33-20-8-5-15(11-19(20)26)10-18-21(27)31-24(29-22(18)32)34-23(30-31)16-2-1-9-28-12-16/h1-12,27H,13H2. The third-order valence-corrected chi connectivity index (χ3v) is 6.44. The first-order valence-electron chi connectivity index (χ1n) is 10.1. The molecule has 2 aliphatic rings. The first-order valence-corrected chi connectivity index (χ1v) is 11.6. The Morgan fingerprint density at radius 2 is 1.94 bits per heavy atom. The van der Waals surface area contributed by atoms with Gasteiger partial charge in [0, 0.05) is 23.0 Å². The summed E-state index contributed by atoms with van der Waals surface area (Å²) in [7, 11) is 0. The molecular formula is C24H15Cl2N5O2S. The van der Waals surface area contributed by atoms with Crippen LogP contribution in [0.15, 0.2) is 82.7 Å². The highest BCUT2D eigenvalue weighted by molar-refractivity contribution is 8.27. The van der Waals surface area contributed by atoms with Crippen molar-refractivity contribution in [3.8, 4) is 5.75 Å². The smallest absolute Gasteiger partial charge is 0.283 e. The van der Waals surface area contributed by atoms with Gasteiger partial charge < -0.3 is 4.74 Å². The van der Waals surface area contributed by atoms with Gasteiger partial charge in [0.2, 0.25) is 5.17 Å². The van der Waals surface area contributed by atoms with Gasteiger partial charge in [0.15, 0.2) is 5.84 Å². The lowest BCUT2D eigenvalue weighted by atomic mass is 10.1. The molecule has 0 bridgehead atoms. The Hall–Kier alpha value is -3.46. The third kappa shape index (κ3) is 4.61. The van der Waals surface area contributed by atoms with Crippen molar-refractivity contribution < 1.29 is 9.53 Å². The van der Waals surface area contributed by atoms with Crippen LogP contribution >= 0.6 is 35.0 Å². The van der Waals surface area contributed by atoms with Crippen LogP contribution in [0.3, 0.4) is 0 Å². The molecule has 1 amide bonds. The van der Waals surface area contributed by atoms with E-state index >= 15 is 0 Å². The highest BCUT2D eigenvalue weighted by Gasteiger charge is 2.36. The van der Waals surface area contributed by atoms with Crippen molar-refractivity contribution in [1.82, 2.24) is 9.99 Å². The average Bonchev–Trinajstić information content (AvgIpc) is 3.27. The molecule has 0 fully saturated rings. The van der Waals surface area contributed by atoms with E-state index in [2.05, 4.69) is 15.1 Å². The van der Waals surface area contributed by atoms with Crippen LogP contribution in [0.4, 0.5) is 0 Å². The van der Waals surface area contributed by atoms with Gasteiger partial charge >= 0.3 is 0 Å². The monoisotopic (exact) mass is 507 g/mol. The molecule has 3 aromatic rings. The van der Waals surface area contributed by atoms with Crippen LogP contribution in [0.2, 0.25) is 10.0 Å². The fourth-order valence-electron chi connectivity index (χ4n) is 3.23. The lowest BCUT2D eigenvalue weighted by Crippen LogP contribution is -2.35. The number of amides is 1. The summed E-state index contributed by atoms with van der Waals surface area (Å²) in [6, 6.07) is 16.2. The number of nitrogens with zero attached hydrogens (tertiary/aromatic N) is 4. The summed E-state index contributed by atoms with van der Waals surface area (Å²) < 4.78 is 5.80. The molecule has 3 heterocycles. The topological polar surface area (TPSA) is 91.0 Å². The van der Waals surface area contributed by atoms with Crippen LogP contribution in [-0.2, 0) is 11.4 Å². The summed E-state index contributed by atoms with van der Waals surface area (Å²) in [5.74, 6) is -0.0584. The zero-order chi connectivity index (χ0) is 23.7. The van der Waals surface area contributed by atoms with Crippen molar-refractivity contribution >= 4 is 63.0 Å². The summed E-state index contributed by atoms with van der Waals surface area (Å²) in [6.45, 7) is 0.335. The van der Waals surface area contributed by atoms with Crippen LogP contribution in [0, 0.1) is 5.41 Å². The lowest BCUT2D eigenvalue weighted by Gasteiger charge is -2.20. The van der Waals surface area contributed by atoms with E-state index in [-0.39, 0.29) is 11.4 Å². The normalized spacial score (nSPS) is 16.4. The number of hydrogen-bond acceptors (Lipinski definition) is 6. The molecule has 0 aliphatic carbocycles. The summed E-state index contributed by atoms with van der Waals surface area (Å²) in [6.07, 6.45) is 4.91. The molecule has 0 saturated carbocycles. The molecule has 7 nitrogen and oxygen atoms in total. The Bertz CT molecular complexity index is 1390. The van der Waals surface area contributed by atoms with Crippen LogP contribution in [0.5, 0.6) is 5.75 Å². The predicted molar refractivity (Wildman–Crippen MR) is 136 cm³/mol. The van der Waals surface area contributed by atoms with E-state index in [9.17, 15) is 4.79 Å². The fourth-order valence-corrected chi connectivity index (χ4v) is 4.48. The second-order valence-corrected chi connectivity index (χ2v) is 9.07. The van der Waals surface area contributed by atoms with E-state index in [1.165, 1.54) is 16.8 Å². The summed E-state index contributed by atoms with van der Waals surface area (Å²) >= 11 is 13.5. The van der Waals surface area contributed by atoms with Gasteiger partial charge in [-0.15, -0.1) is 0 Å². The van der Waals surface area contributed by atoms with Gasteiger partial charge in [0.1, 0.15) is 17.4 Å². The van der Waals surface area contributed by atoms with E-state index in [4.69, 9.17) is 33.3 Å². The Kier molecular flexibility index (Phi) is 6.19. The van der Waals surface area contributed by atoms with E-state index in [0.717, 1.165) is 11.1 Å². The van der Waals surface area contributed by atoms with E-state index in [0.29, 0.717) is 38.2 Å². The summed E-state index contributed by atoms with van der Waals surface area (Å²) in [4.78, 5) is 20.9. The highest BCUT2D eigenvalue weighted by atomic mass is 35.5. The van der Waals surface area contributed by atoms with Gasteiger partial charge in [0.25, 0.3) is 5.91 Å². The maximum atomic E-state index is 12.7. The SMILES string of the molecule is N=C1C(=Cc2ccc(OCc3ccc(Cl)cc3)c(Cl)c2)C(=O)N=C2SC(c3cccnc3)=NN12. The quantitative estimate of drug-likeness (QED) is 0.451.